The summed E-state index contributed by atoms with van der Waals surface area (Å²) in [6.07, 6.45) is 21.7. The van der Waals surface area contributed by atoms with Crippen molar-refractivity contribution in [1.82, 2.24) is 0 Å². The van der Waals surface area contributed by atoms with Gasteiger partial charge in [-0.1, -0.05) is 51.8 Å². The molecular formula is C27H42O2. The minimum absolute atomic E-state index is 0.145. The Bertz CT molecular complexity index is 659. The number of carbonyl (C=O) groups is 2. The molecule has 0 saturated heterocycles. The van der Waals surface area contributed by atoms with Gasteiger partial charge in [-0.3, -0.25) is 9.59 Å². The van der Waals surface area contributed by atoms with E-state index in [1.807, 2.05) is 6.08 Å². The third kappa shape index (κ3) is 4.78. The number of Topliss-reactive ketones (excluding diaryl/α,β-unsaturated/α-hetero) is 1. The minimum atomic E-state index is 0.145. The zero-order chi connectivity index (χ0) is 21.1. The molecule has 0 aromatic heterocycles. The maximum atomic E-state index is 11.8. The van der Waals surface area contributed by atoms with Crippen LogP contribution in [0.5, 0.6) is 0 Å². The molecule has 0 spiro atoms. The van der Waals surface area contributed by atoms with E-state index in [1.165, 1.54) is 51.4 Å². The summed E-state index contributed by atoms with van der Waals surface area (Å²) in [5.41, 5.74) is 0.968. The van der Waals surface area contributed by atoms with Crippen LogP contribution in [-0.4, -0.2) is 11.6 Å². The van der Waals surface area contributed by atoms with Crippen LogP contribution in [0.25, 0.3) is 0 Å². The van der Waals surface area contributed by atoms with Gasteiger partial charge >= 0.3 is 0 Å². The third-order valence-electron chi connectivity index (χ3n) is 8.88. The van der Waals surface area contributed by atoms with Crippen LogP contribution in [0.1, 0.15) is 98.3 Å². The second kappa shape index (κ2) is 9.31. The number of rotatable bonds is 4. The van der Waals surface area contributed by atoms with Crippen molar-refractivity contribution in [3.8, 4) is 0 Å². The van der Waals surface area contributed by atoms with Gasteiger partial charge in [0.2, 0.25) is 0 Å². The van der Waals surface area contributed by atoms with Crippen molar-refractivity contribution in [2.75, 3.05) is 0 Å². The number of hydrogen-bond donors (Lipinski definition) is 0. The summed E-state index contributed by atoms with van der Waals surface area (Å²) in [5.74, 6) is 4.10. The van der Waals surface area contributed by atoms with Crippen LogP contribution in [0.4, 0.5) is 0 Å². The molecule has 6 atom stereocenters. The zero-order valence-corrected chi connectivity index (χ0v) is 19.2. The molecule has 2 heteroatoms. The fourth-order valence-corrected chi connectivity index (χ4v) is 7.10. The van der Waals surface area contributed by atoms with Crippen molar-refractivity contribution < 1.29 is 9.59 Å². The number of unbranched alkanes of at least 4 members (excludes halogenated alkanes) is 2. The van der Waals surface area contributed by atoms with Crippen molar-refractivity contribution >= 4 is 11.6 Å². The van der Waals surface area contributed by atoms with Crippen LogP contribution in [0.2, 0.25) is 0 Å². The van der Waals surface area contributed by atoms with Gasteiger partial charge in [-0.05, 0) is 92.4 Å². The molecule has 0 unspecified atom stereocenters. The summed E-state index contributed by atoms with van der Waals surface area (Å²) < 4.78 is 0. The molecule has 29 heavy (non-hydrogen) atoms. The number of carbonyl (C=O) groups excluding carboxylic acids is 2. The molecule has 0 amide bonds. The van der Waals surface area contributed by atoms with Crippen molar-refractivity contribution in [2.45, 2.75) is 98.3 Å². The molecule has 0 radical (unpaired) electrons. The molecule has 4 aliphatic rings. The van der Waals surface area contributed by atoms with E-state index in [0.29, 0.717) is 22.5 Å². The summed E-state index contributed by atoms with van der Waals surface area (Å²) in [7, 11) is 0. The first kappa shape index (κ1) is 22.5. The fourth-order valence-electron chi connectivity index (χ4n) is 7.10. The van der Waals surface area contributed by atoms with Gasteiger partial charge in [-0.2, -0.15) is 0 Å². The minimum Gasteiger partial charge on any atom is -0.300 e. The van der Waals surface area contributed by atoms with Gasteiger partial charge in [-0.15, -0.1) is 0 Å². The highest BCUT2D eigenvalue weighted by atomic mass is 16.1. The lowest BCUT2D eigenvalue weighted by Gasteiger charge is -2.59. The molecule has 0 bridgehead atoms. The number of ketones is 2. The summed E-state index contributed by atoms with van der Waals surface area (Å²) in [6.45, 7) is 8.74. The molecule has 0 aliphatic heterocycles. The Hall–Kier alpha value is -1.18. The predicted octanol–water partition coefficient (Wildman–Crippen LogP) is 7.09. The van der Waals surface area contributed by atoms with Crippen molar-refractivity contribution in [3.63, 3.8) is 0 Å². The van der Waals surface area contributed by atoms with E-state index in [2.05, 4.69) is 32.9 Å². The van der Waals surface area contributed by atoms with Crippen molar-refractivity contribution in [2.24, 2.45) is 34.5 Å². The Balaban J connectivity index is 0.000000229. The van der Waals surface area contributed by atoms with Crippen LogP contribution >= 0.6 is 0 Å². The first-order valence-electron chi connectivity index (χ1n) is 12.2. The standard InChI is InChI=1S/C19H28O.C8H14O/c1-18-9-3-4-16(18)15-6-5-13-12-14(20)7-11-19(13,2)17(15)8-10-18;1-3-4-5-6-7-8(2)9/h3,9,13,15-17H,4-8,10-12H2,1-2H3;6-7H,3-5H2,1-2H3/b;7-6+/t13-,15-,16-,17-,18-,19-;/m0./s1. The molecule has 3 saturated carbocycles. The van der Waals surface area contributed by atoms with Crippen LogP contribution in [0.15, 0.2) is 24.3 Å². The highest BCUT2D eigenvalue weighted by molar-refractivity contribution is 5.87. The second-order valence-corrected chi connectivity index (χ2v) is 10.7. The second-order valence-electron chi connectivity index (χ2n) is 10.7. The smallest absolute Gasteiger partial charge is 0.152 e. The highest BCUT2D eigenvalue weighted by Gasteiger charge is 2.56. The molecule has 4 rings (SSSR count). The molecule has 3 fully saturated rings. The van der Waals surface area contributed by atoms with Crippen LogP contribution in [-0.2, 0) is 9.59 Å². The number of hydrogen-bond acceptors (Lipinski definition) is 2. The van der Waals surface area contributed by atoms with Gasteiger partial charge in [0.15, 0.2) is 5.78 Å². The number of allylic oxidation sites excluding steroid dienone is 4. The Labute approximate surface area is 178 Å². The topological polar surface area (TPSA) is 34.1 Å². The van der Waals surface area contributed by atoms with Gasteiger partial charge in [0.05, 0.1) is 0 Å². The lowest BCUT2D eigenvalue weighted by atomic mass is 9.45. The van der Waals surface area contributed by atoms with E-state index in [-0.39, 0.29) is 5.78 Å². The van der Waals surface area contributed by atoms with E-state index >= 15 is 0 Å². The van der Waals surface area contributed by atoms with E-state index in [9.17, 15) is 9.59 Å². The molecule has 0 aromatic rings. The van der Waals surface area contributed by atoms with Gasteiger partial charge in [0, 0.05) is 12.8 Å². The lowest BCUT2D eigenvalue weighted by molar-refractivity contribution is -0.136. The Morgan fingerprint density at radius 2 is 1.97 bits per heavy atom. The first-order chi connectivity index (χ1) is 13.8. The fraction of sp³-hybridized carbons (Fsp3) is 0.778. The van der Waals surface area contributed by atoms with Gasteiger partial charge in [0.25, 0.3) is 0 Å². The maximum absolute atomic E-state index is 11.8. The van der Waals surface area contributed by atoms with Crippen molar-refractivity contribution in [3.05, 3.63) is 24.3 Å². The van der Waals surface area contributed by atoms with E-state index in [1.54, 1.807) is 13.0 Å². The summed E-state index contributed by atoms with van der Waals surface area (Å²) in [6, 6.07) is 0. The zero-order valence-electron chi connectivity index (χ0n) is 19.2. The molecule has 2 nitrogen and oxygen atoms in total. The molecule has 0 heterocycles. The largest absolute Gasteiger partial charge is 0.300 e. The highest BCUT2D eigenvalue weighted by Crippen LogP contribution is 2.64. The molecule has 0 aromatic carbocycles. The monoisotopic (exact) mass is 398 g/mol. The quantitative estimate of drug-likeness (QED) is 0.288. The number of fused-ring (bicyclic) bond motifs is 5. The Morgan fingerprint density at radius 1 is 1.17 bits per heavy atom. The van der Waals surface area contributed by atoms with E-state index in [4.69, 9.17) is 0 Å². The van der Waals surface area contributed by atoms with Gasteiger partial charge in [0.1, 0.15) is 5.78 Å². The lowest BCUT2D eigenvalue weighted by Crippen LogP contribution is -2.52. The van der Waals surface area contributed by atoms with Gasteiger partial charge in [-0.25, -0.2) is 0 Å². The Morgan fingerprint density at radius 3 is 2.69 bits per heavy atom. The molecule has 162 valence electrons. The van der Waals surface area contributed by atoms with Crippen LogP contribution in [0.3, 0.4) is 0 Å². The normalized spacial score (nSPS) is 40.6. The summed E-state index contributed by atoms with van der Waals surface area (Å²) >= 11 is 0. The predicted molar refractivity (Wildman–Crippen MR) is 121 cm³/mol. The van der Waals surface area contributed by atoms with E-state index in [0.717, 1.165) is 37.0 Å². The third-order valence-corrected chi connectivity index (χ3v) is 8.88. The maximum Gasteiger partial charge on any atom is 0.152 e. The summed E-state index contributed by atoms with van der Waals surface area (Å²) in [4.78, 5) is 22.2. The van der Waals surface area contributed by atoms with E-state index < -0.39 is 0 Å². The van der Waals surface area contributed by atoms with Crippen LogP contribution < -0.4 is 0 Å². The summed E-state index contributed by atoms with van der Waals surface area (Å²) in [5, 5.41) is 0. The SMILES string of the molecule is CCCC/C=C/C(C)=O.C[C@]12CCC(=O)C[C@@H]1CC[C@@H]1[C@@H]2CC[C@]2(C)C=CC[C@@H]12. The molecule has 0 N–H and O–H groups in total. The van der Waals surface area contributed by atoms with Gasteiger partial charge < -0.3 is 0 Å². The average molecular weight is 399 g/mol. The Kier molecular flexibility index (Phi) is 7.23. The average Bonchev–Trinajstić information content (AvgIpc) is 3.08. The molecule has 4 aliphatic carbocycles. The van der Waals surface area contributed by atoms with Crippen molar-refractivity contribution in [1.29, 1.82) is 0 Å². The molecular weight excluding hydrogens is 356 g/mol. The van der Waals surface area contributed by atoms with Crippen LogP contribution in [0, 0.1) is 34.5 Å². The first-order valence-corrected chi connectivity index (χ1v) is 12.2.